The molecule has 0 amide bonds. The number of aldehydes is 1. The quantitative estimate of drug-likeness (QED) is 0.540. The van der Waals surface area contributed by atoms with Crippen LogP contribution in [-0.2, 0) is 4.74 Å². The number of benzene rings is 1. The molecule has 0 unspecified atom stereocenters. The maximum Gasteiger partial charge on any atom is 0.150 e. The number of nitrogens with zero attached hydrogens (tertiary/aromatic N) is 1. The van der Waals surface area contributed by atoms with Crippen molar-refractivity contribution < 1.29 is 14.3 Å². The summed E-state index contributed by atoms with van der Waals surface area (Å²) in [4.78, 5) is 13.0. The molecule has 1 aromatic rings. The topological polar surface area (TPSA) is 38.8 Å². The van der Waals surface area contributed by atoms with Gasteiger partial charge in [0.2, 0.25) is 0 Å². The van der Waals surface area contributed by atoms with Crippen LogP contribution in [0.5, 0.6) is 5.75 Å². The van der Waals surface area contributed by atoms with Crippen molar-refractivity contribution in [2.45, 2.75) is 19.3 Å². The number of carbonyl (C=O) groups excluding carboxylic acids is 1. The molecule has 1 aliphatic rings. The molecule has 0 spiro atoms. The SMILES string of the molecule is O=Cc1ccc(OCCCCCN2CCOCC2)cc1. The summed E-state index contributed by atoms with van der Waals surface area (Å²) in [6.07, 6.45) is 4.31. The minimum Gasteiger partial charge on any atom is -0.494 e. The van der Waals surface area contributed by atoms with Crippen molar-refractivity contribution in [3.05, 3.63) is 29.8 Å². The molecular formula is C16H23NO3. The van der Waals surface area contributed by atoms with Gasteiger partial charge in [0.25, 0.3) is 0 Å². The average Bonchev–Trinajstić information content (AvgIpc) is 2.52. The third-order valence-corrected chi connectivity index (χ3v) is 3.51. The number of carbonyl (C=O) groups is 1. The second kappa shape index (κ2) is 8.72. The number of ether oxygens (including phenoxy) is 2. The predicted octanol–water partition coefficient (Wildman–Crippen LogP) is 2.38. The van der Waals surface area contributed by atoms with Crippen molar-refractivity contribution in [1.82, 2.24) is 4.90 Å². The van der Waals surface area contributed by atoms with E-state index in [1.165, 1.54) is 12.8 Å². The summed E-state index contributed by atoms with van der Waals surface area (Å²) in [5.74, 6) is 0.837. The minimum absolute atomic E-state index is 0.683. The molecule has 1 aromatic carbocycles. The summed E-state index contributed by atoms with van der Waals surface area (Å²) < 4.78 is 11.0. The lowest BCUT2D eigenvalue weighted by Crippen LogP contribution is -2.36. The Balaban J connectivity index is 1.51. The van der Waals surface area contributed by atoms with E-state index >= 15 is 0 Å². The maximum atomic E-state index is 10.5. The Kier molecular flexibility index (Phi) is 6.54. The van der Waals surface area contributed by atoms with Crippen LogP contribution in [0.15, 0.2) is 24.3 Å². The molecule has 0 N–H and O–H groups in total. The molecule has 1 saturated heterocycles. The number of hydrogen-bond donors (Lipinski definition) is 0. The summed E-state index contributed by atoms with van der Waals surface area (Å²) in [6, 6.07) is 7.25. The van der Waals surface area contributed by atoms with E-state index in [0.29, 0.717) is 5.56 Å². The lowest BCUT2D eigenvalue weighted by molar-refractivity contribution is 0.0370. The van der Waals surface area contributed by atoms with E-state index in [-0.39, 0.29) is 0 Å². The number of rotatable bonds is 8. The van der Waals surface area contributed by atoms with Crippen LogP contribution in [0.2, 0.25) is 0 Å². The summed E-state index contributed by atoms with van der Waals surface area (Å²) in [5.41, 5.74) is 0.683. The van der Waals surface area contributed by atoms with Crippen LogP contribution in [0.25, 0.3) is 0 Å². The molecule has 110 valence electrons. The Hall–Kier alpha value is -1.39. The van der Waals surface area contributed by atoms with E-state index in [0.717, 1.165) is 57.9 Å². The van der Waals surface area contributed by atoms with Gasteiger partial charge in [0.1, 0.15) is 12.0 Å². The molecule has 1 aliphatic heterocycles. The Morgan fingerprint density at radius 3 is 2.55 bits per heavy atom. The first-order valence-electron chi connectivity index (χ1n) is 7.36. The van der Waals surface area contributed by atoms with E-state index in [9.17, 15) is 4.79 Å². The summed E-state index contributed by atoms with van der Waals surface area (Å²) in [6.45, 7) is 5.79. The summed E-state index contributed by atoms with van der Waals surface area (Å²) in [5, 5.41) is 0. The van der Waals surface area contributed by atoms with E-state index in [2.05, 4.69) is 4.90 Å². The van der Waals surface area contributed by atoms with Gasteiger partial charge in [0.05, 0.1) is 19.8 Å². The highest BCUT2D eigenvalue weighted by Gasteiger charge is 2.08. The molecule has 0 bridgehead atoms. The normalized spacial score (nSPS) is 16.0. The minimum atomic E-state index is 0.683. The largest absolute Gasteiger partial charge is 0.494 e. The van der Waals surface area contributed by atoms with Crippen LogP contribution in [0.1, 0.15) is 29.6 Å². The van der Waals surface area contributed by atoms with Gasteiger partial charge in [-0.1, -0.05) is 0 Å². The summed E-state index contributed by atoms with van der Waals surface area (Å²) in [7, 11) is 0. The third-order valence-electron chi connectivity index (χ3n) is 3.51. The van der Waals surface area contributed by atoms with Gasteiger partial charge in [-0.3, -0.25) is 9.69 Å². The Morgan fingerprint density at radius 1 is 1.10 bits per heavy atom. The number of hydrogen-bond acceptors (Lipinski definition) is 4. The van der Waals surface area contributed by atoms with Crippen molar-refractivity contribution in [2.24, 2.45) is 0 Å². The molecule has 0 aliphatic carbocycles. The van der Waals surface area contributed by atoms with Gasteiger partial charge in [0.15, 0.2) is 0 Å². The first kappa shape index (κ1) is 15.0. The molecule has 0 aromatic heterocycles. The third kappa shape index (κ3) is 5.31. The maximum absolute atomic E-state index is 10.5. The fraction of sp³-hybridized carbons (Fsp3) is 0.562. The zero-order valence-corrected chi connectivity index (χ0v) is 11.9. The average molecular weight is 277 g/mol. The first-order chi connectivity index (χ1) is 9.88. The molecule has 20 heavy (non-hydrogen) atoms. The van der Waals surface area contributed by atoms with E-state index < -0.39 is 0 Å². The lowest BCUT2D eigenvalue weighted by atomic mass is 10.2. The van der Waals surface area contributed by atoms with Crippen LogP contribution in [-0.4, -0.2) is 50.6 Å². The van der Waals surface area contributed by atoms with Gasteiger partial charge in [-0.25, -0.2) is 0 Å². The van der Waals surface area contributed by atoms with Crippen molar-refractivity contribution >= 4 is 6.29 Å². The molecule has 1 fully saturated rings. The predicted molar refractivity (Wildman–Crippen MR) is 78.4 cm³/mol. The van der Waals surface area contributed by atoms with Crippen LogP contribution in [0, 0.1) is 0 Å². The molecule has 4 nitrogen and oxygen atoms in total. The second-order valence-corrected chi connectivity index (χ2v) is 5.05. The van der Waals surface area contributed by atoms with Crippen LogP contribution in [0.3, 0.4) is 0 Å². The molecule has 0 radical (unpaired) electrons. The molecule has 0 saturated carbocycles. The van der Waals surface area contributed by atoms with Gasteiger partial charge in [0, 0.05) is 18.7 Å². The molecule has 0 atom stereocenters. The van der Waals surface area contributed by atoms with Crippen molar-refractivity contribution in [3.63, 3.8) is 0 Å². The molecule has 4 heteroatoms. The second-order valence-electron chi connectivity index (χ2n) is 5.05. The first-order valence-corrected chi connectivity index (χ1v) is 7.36. The van der Waals surface area contributed by atoms with E-state index in [4.69, 9.17) is 9.47 Å². The van der Waals surface area contributed by atoms with Crippen molar-refractivity contribution in [1.29, 1.82) is 0 Å². The Morgan fingerprint density at radius 2 is 1.85 bits per heavy atom. The van der Waals surface area contributed by atoms with E-state index in [1.807, 2.05) is 12.1 Å². The van der Waals surface area contributed by atoms with Crippen molar-refractivity contribution in [2.75, 3.05) is 39.5 Å². The Bertz CT molecular complexity index is 385. The van der Waals surface area contributed by atoms with Crippen LogP contribution < -0.4 is 4.74 Å². The standard InChI is InChI=1S/C16H23NO3/c18-14-15-4-6-16(7-5-15)20-11-3-1-2-8-17-9-12-19-13-10-17/h4-7,14H,1-3,8-13H2. The highest BCUT2D eigenvalue weighted by atomic mass is 16.5. The summed E-state index contributed by atoms with van der Waals surface area (Å²) >= 11 is 0. The smallest absolute Gasteiger partial charge is 0.150 e. The molecule has 2 rings (SSSR count). The monoisotopic (exact) mass is 277 g/mol. The highest BCUT2D eigenvalue weighted by molar-refractivity contribution is 5.74. The van der Waals surface area contributed by atoms with E-state index in [1.54, 1.807) is 12.1 Å². The number of unbranched alkanes of at least 4 members (excludes halogenated alkanes) is 2. The van der Waals surface area contributed by atoms with Crippen LogP contribution in [0.4, 0.5) is 0 Å². The molecule has 1 heterocycles. The number of morpholine rings is 1. The van der Waals surface area contributed by atoms with Gasteiger partial charge >= 0.3 is 0 Å². The van der Waals surface area contributed by atoms with Gasteiger partial charge in [-0.15, -0.1) is 0 Å². The van der Waals surface area contributed by atoms with Gasteiger partial charge < -0.3 is 9.47 Å². The highest BCUT2D eigenvalue weighted by Crippen LogP contribution is 2.12. The van der Waals surface area contributed by atoms with Gasteiger partial charge in [-0.2, -0.15) is 0 Å². The Labute approximate surface area is 120 Å². The lowest BCUT2D eigenvalue weighted by Gasteiger charge is -2.26. The molecular weight excluding hydrogens is 254 g/mol. The zero-order valence-electron chi connectivity index (χ0n) is 11.9. The van der Waals surface area contributed by atoms with Crippen molar-refractivity contribution in [3.8, 4) is 5.75 Å². The zero-order chi connectivity index (χ0) is 14.0. The van der Waals surface area contributed by atoms with Crippen LogP contribution >= 0.6 is 0 Å². The fourth-order valence-corrected chi connectivity index (χ4v) is 2.27. The van der Waals surface area contributed by atoms with Gasteiger partial charge in [-0.05, 0) is 50.1 Å². The fourth-order valence-electron chi connectivity index (χ4n) is 2.27.